The second-order valence-electron chi connectivity index (χ2n) is 6.45. The van der Waals surface area contributed by atoms with Crippen molar-refractivity contribution < 1.29 is 9.90 Å². The van der Waals surface area contributed by atoms with E-state index in [0.29, 0.717) is 38.1 Å². The number of para-hydroxylation sites is 1. The number of anilines is 2. The molecule has 8 heteroatoms. The van der Waals surface area contributed by atoms with E-state index in [2.05, 4.69) is 5.32 Å². The summed E-state index contributed by atoms with van der Waals surface area (Å²) < 4.78 is 0. The van der Waals surface area contributed by atoms with Crippen LogP contribution in [0.4, 0.5) is 11.4 Å². The number of amidine groups is 1. The first-order valence-electron chi connectivity index (χ1n) is 8.70. The van der Waals surface area contributed by atoms with E-state index in [0.717, 1.165) is 0 Å². The molecule has 1 unspecified atom stereocenters. The van der Waals surface area contributed by atoms with Crippen molar-refractivity contribution in [1.82, 2.24) is 0 Å². The van der Waals surface area contributed by atoms with Crippen LogP contribution >= 0.6 is 23.2 Å². The Hall–Kier alpha value is -3.06. The van der Waals surface area contributed by atoms with Crippen LogP contribution in [0.25, 0.3) is 11.1 Å². The number of hydrogen-bond acceptors (Lipinski definition) is 4. The zero-order valence-corrected chi connectivity index (χ0v) is 16.5. The number of aromatic carboxylic acids is 1. The van der Waals surface area contributed by atoms with Crippen molar-refractivity contribution in [1.29, 1.82) is 5.41 Å². The molecule has 1 atom stereocenters. The number of nitrogens with zero attached hydrogens (tertiary/aromatic N) is 1. The number of carboxylic acids is 1. The van der Waals surface area contributed by atoms with Crippen molar-refractivity contribution in [2.75, 3.05) is 10.2 Å². The Morgan fingerprint density at radius 1 is 1.00 bits per heavy atom. The molecular formula is C21H16Cl2N4O2. The number of carboxylic acid groups (broad SMARTS) is 1. The summed E-state index contributed by atoms with van der Waals surface area (Å²) in [4.78, 5) is 13.5. The molecule has 1 heterocycles. The van der Waals surface area contributed by atoms with E-state index >= 15 is 0 Å². The number of hydrogen-bond donors (Lipinski definition) is 4. The van der Waals surface area contributed by atoms with Gasteiger partial charge in [0.25, 0.3) is 0 Å². The molecule has 3 aromatic rings. The van der Waals surface area contributed by atoms with Gasteiger partial charge in [0.1, 0.15) is 5.84 Å². The molecular weight excluding hydrogens is 411 g/mol. The van der Waals surface area contributed by atoms with Crippen molar-refractivity contribution in [2.24, 2.45) is 5.73 Å². The third-order valence-electron chi connectivity index (χ3n) is 4.75. The first-order valence-corrected chi connectivity index (χ1v) is 9.45. The van der Waals surface area contributed by atoms with Gasteiger partial charge < -0.3 is 10.4 Å². The quantitative estimate of drug-likeness (QED) is 0.478. The number of nitrogens with one attached hydrogen (secondary N) is 2. The number of benzene rings is 3. The lowest BCUT2D eigenvalue weighted by atomic mass is 9.90. The van der Waals surface area contributed by atoms with Gasteiger partial charge in [-0.1, -0.05) is 53.5 Å². The van der Waals surface area contributed by atoms with Crippen molar-refractivity contribution in [3.63, 3.8) is 0 Å². The molecule has 0 saturated heterocycles. The van der Waals surface area contributed by atoms with E-state index in [1.807, 2.05) is 0 Å². The summed E-state index contributed by atoms with van der Waals surface area (Å²) in [6.07, 6.45) is -0.760. The molecule has 0 fully saturated rings. The van der Waals surface area contributed by atoms with Crippen LogP contribution in [-0.2, 0) is 0 Å². The second-order valence-corrected chi connectivity index (χ2v) is 7.27. The highest BCUT2D eigenvalue weighted by Crippen LogP contribution is 2.41. The zero-order valence-electron chi connectivity index (χ0n) is 15.0. The predicted molar refractivity (Wildman–Crippen MR) is 116 cm³/mol. The average Bonchev–Trinajstić information content (AvgIpc) is 2.69. The number of halogens is 2. The molecule has 29 heavy (non-hydrogen) atoms. The van der Waals surface area contributed by atoms with Gasteiger partial charge in [0.15, 0.2) is 6.29 Å². The Morgan fingerprint density at radius 3 is 2.31 bits per heavy atom. The third kappa shape index (κ3) is 3.21. The number of rotatable bonds is 3. The molecule has 3 aromatic carbocycles. The van der Waals surface area contributed by atoms with Gasteiger partial charge in [0, 0.05) is 27.4 Å². The van der Waals surface area contributed by atoms with Crippen molar-refractivity contribution in [3.8, 4) is 11.1 Å². The monoisotopic (exact) mass is 426 g/mol. The van der Waals surface area contributed by atoms with Gasteiger partial charge in [-0.05, 0) is 30.3 Å². The van der Waals surface area contributed by atoms with Crippen molar-refractivity contribution in [2.45, 2.75) is 6.29 Å². The Bertz CT molecular complexity index is 1150. The maximum atomic E-state index is 12.0. The van der Waals surface area contributed by atoms with E-state index in [9.17, 15) is 9.90 Å². The van der Waals surface area contributed by atoms with Crippen LogP contribution in [0.3, 0.4) is 0 Å². The average molecular weight is 427 g/mol. The molecule has 0 saturated carbocycles. The molecule has 146 valence electrons. The first-order chi connectivity index (χ1) is 13.9. The maximum Gasteiger partial charge on any atom is 0.336 e. The fraction of sp³-hybridized carbons (Fsp3) is 0.0476. The largest absolute Gasteiger partial charge is 0.478 e. The Labute approximate surface area is 177 Å². The zero-order chi connectivity index (χ0) is 20.7. The SMILES string of the molecule is N=C1c2c(ccc(C(=O)O)c2-c2ccccc2Cl)NC(N)N1c1ccccc1Cl. The summed E-state index contributed by atoms with van der Waals surface area (Å²) in [5, 5.41) is 22.6. The molecule has 5 N–H and O–H groups in total. The normalized spacial score (nSPS) is 15.6. The minimum atomic E-state index is -1.12. The molecule has 0 bridgehead atoms. The molecule has 0 aliphatic carbocycles. The smallest absolute Gasteiger partial charge is 0.336 e. The van der Waals surface area contributed by atoms with Crippen molar-refractivity contribution in [3.05, 3.63) is 81.8 Å². The van der Waals surface area contributed by atoms with Crippen molar-refractivity contribution >= 4 is 46.4 Å². The first kappa shape index (κ1) is 19.3. The van der Waals surface area contributed by atoms with E-state index < -0.39 is 12.3 Å². The molecule has 0 spiro atoms. The van der Waals surface area contributed by atoms with Crippen LogP contribution in [0.1, 0.15) is 15.9 Å². The van der Waals surface area contributed by atoms with Gasteiger partial charge in [-0.25, -0.2) is 4.79 Å². The fourth-order valence-electron chi connectivity index (χ4n) is 3.49. The summed E-state index contributed by atoms with van der Waals surface area (Å²) in [7, 11) is 0. The Balaban J connectivity index is 2.00. The Morgan fingerprint density at radius 2 is 1.66 bits per heavy atom. The van der Waals surface area contributed by atoms with Gasteiger partial charge in [-0.3, -0.25) is 16.0 Å². The molecule has 6 nitrogen and oxygen atoms in total. The van der Waals surface area contributed by atoms with Crippen LogP contribution in [0.5, 0.6) is 0 Å². The molecule has 0 amide bonds. The lowest BCUT2D eigenvalue weighted by Gasteiger charge is -2.39. The number of nitrogens with two attached hydrogens (primary N) is 1. The van der Waals surface area contributed by atoms with Gasteiger partial charge in [0.05, 0.1) is 16.3 Å². The van der Waals surface area contributed by atoms with Gasteiger partial charge in [-0.15, -0.1) is 0 Å². The van der Waals surface area contributed by atoms with E-state index in [1.165, 1.54) is 11.0 Å². The summed E-state index contributed by atoms with van der Waals surface area (Å²) in [6, 6.07) is 17.1. The van der Waals surface area contributed by atoms with E-state index in [1.54, 1.807) is 54.6 Å². The third-order valence-corrected chi connectivity index (χ3v) is 5.40. The number of fused-ring (bicyclic) bond motifs is 1. The number of carbonyl (C=O) groups is 1. The molecule has 0 radical (unpaired) electrons. The van der Waals surface area contributed by atoms with Crippen LogP contribution in [0.2, 0.25) is 10.0 Å². The fourth-order valence-corrected chi connectivity index (χ4v) is 3.95. The van der Waals surface area contributed by atoms with Crippen LogP contribution in [0.15, 0.2) is 60.7 Å². The van der Waals surface area contributed by atoms with Gasteiger partial charge >= 0.3 is 5.97 Å². The standard InChI is InChI=1S/C21H16Cl2N4O2/c22-13-6-2-1-5-11(13)17-12(20(28)29)9-10-15-18(17)19(24)27(21(25)26-15)16-8-4-3-7-14(16)23/h1-10,21,24,26H,25H2,(H,28,29). The van der Waals surface area contributed by atoms with E-state index in [-0.39, 0.29) is 11.4 Å². The maximum absolute atomic E-state index is 12.0. The molecule has 0 aromatic heterocycles. The lowest BCUT2D eigenvalue weighted by molar-refractivity contribution is 0.0697. The second kappa shape index (κ2) is 7.40. The highest BCUT2D eigenvalue weighted by Gasteiger charge is 2.34. The summed E-state index contributed by atoms with van der Waals surface area (Å²) in [5.41, 5.74) is 8.65. The summed E-state index contributed by atoms with van der Waals surface area (Å²) >= 11 is 12.7. The van der Waals surface area contributed by atoms with Crippen LogP contribution in [-0.4, -0.2) is 23.2 Å². The minimum Gasteiger partial charge on any atom is -0.478 e. The van der Waals surface area contributed by atoms with Gasteiger partial charge in [-0.2, -0.15) is 0 Å². The topological polar surface area (TPSA) is 102 Å². The summed E-state index contributed by atoms with van der Waals surface area (Å²) in [5.74, 6) is -1.09. The highest BCUT2D eigenvalue weighted by molar-refractivity contribution is 6.35. The predicted octanol–water partition coefficient (Wildman–Crippen LogP) is 4.86. The molecule has 4 rings (SSSR count). The Kier molecular flexibility index (Phi) is 4.92. The minimum absolute atomic E-state index is 0.0253. The van der Waals surface area contributed by atoms with Crippen LogP contribution < -0.4 is 16.0 Å². The highest BCUT2D eigenvalue weighted by atomic mass is 35.5. The van der Waals surface area contributed by atoms with E-state index in [4.69, 9.17) is 34.3 Å². The van der Waals surface area contributed by atoms with Gasteiger partial charge in [0.2, 0.25) is 0 Å². The molecule has 1 aliphatic rings. The lowest BCUT2D eigenvalue weighted by Crippen LogP contribution is -2.54. The molecule has 1 aliphatic heterocycles. The summed E-state index contributed by atoms with van der Waals surface area (Å²) in [6.45, 7) is 0. The van der Waals surface area contributed by atoms with Crippen LogP contribution in [0, 0.1) is 5.41 Å².